The van der Waals surface area contributed by atoms with Gasteiger partial charge in [0.1, 0.15) is 5.65 Å². The Balaban J connectivity index is 1.97. The van der Waals surface area contributed by atoms with Crippen molar-refractivity contribution in [2.75, 3.05) is 0 Å². The number of aryl methyl sites for hydroxylation is 1. The predicted molar refractivity (Wildman–Crippen MR) is 73.3 cm³/mol. The van der Waals surface area contributed by atoms with Crippen molar-refractivity contribution < 1.29 is 0 Å². The number of aromatic amines is 1. The minimum Gasteiger partial charge on any atom is -0.333 e. The Morgan fingerprint density at radius 1 is 1.06 bits per heavy atom. The van der Waals surface area contributed by atoms with Crippen molar-refractivity contribution in [3.8, 4) is 11.8 Å². The molecule has 1 N–H and O–H groups in total. The molecule has 0 atom stereocenters. The molecule has 2 heteroatoms. The quantitative estimate of drug-likeness (QED) is 0.592. The van der Waals surface area contributed by atoms with Gasteiger partial charge in [0.15, 0.2) is 0 Å². The molecule has 0 aliphatic carbocycles. The van der Waals surface area contributed by atoms with E-state index in [0.717, 1.165) is 22.3 Å². The van der Waals surface area contributed by atoms with Gasteiger partial charge in [-0.25, -0.2) is 4.98 Å². The molecule has 0 fully saturated rings. The fraction of sp³-hybridized carbons (Fsp3) is 0.0625. The van der Waals surface area contributed by atoms with Gasteiger partial charge in [0, 0.05) is 17.1 Å². The molecule has 0 spiro atoms. The fourth-order valence-electron chi connectivity index (χ4n) is 1.89. The van der Waals surface area contributed by atoms with Crippen molar-refractivity contribution in [1.29, 1.82) is 0 Å². The first-order valence-corrected chi connectivity index (χ1v) is 5.84. The van der Waals surface area contributed by atoms with Crippen molar-refractivity contribution in [3.63, 3.8) is 0 Å². The van der Waals surface area contributed by atoms with Crippen LogP contribution in [0.5, 0.6) is 0 Å². The number of fused-ring (bicyclic) bond motifs is 1. The van der Waals surface area contributed by atoms with Gasteiger partial charge in [-0.05, 0) is 48.7 Å². The molecular weight excluding hydrogens is 220 g/mol. The normalized spacial score (nSPS) is 10.1. The van der Waals surface area contributed by atoms with E-state index in [9.17, 15) is 0 Å². The van der Waals surface area contributed by atoms with Crippen LogP contribution in [0.25, 0.3) is 11.0 Å². The summed E-state index contributed by atoms with van der Waals surface area (Å²) in [6.45, 7) is 2.07. The highest BCUT2D eigenvalue weighted by atomic mass is 14.8. The van der Waals surface area contributed by atoms with Gasteiger partial charge in [-0.1, -0.05) is 18.1 Å². The van der Waals surface area contributed by atoms with Crippen LogP contribution >= 0.6 is 0 Å². The summed E-state index contributed by atoms with van der Waals surface area (Å²) in [7, 11) is 0. The zero-order valence-corrected chi connectivity index (χ0v) is 10.1. The van der Waals surface area contributed by atoms with E-state index in [1.807, 2.05) is 30.3 Å². The van der Waals surface area contributed by atoms with Crippen molar-refractivity contribution in [2.45, 2.75) is 6.92 Å². The van der Waals surface area contributed by atoms with E-state index in [1.54, 1.807) is 6.20 Å². The van der Waals surface area contributed by atoms with E-state index in [1.165, 1.54) is 5.56 Å². The van der Waals surface area contributed by atoms with Crippen LogP contribution in [0.3, 0.4) is 0 Å². The lowest BCUT2D eigenvalue weighted by Crippen LogP contribution is -1.78. The number of hydrogen-bond acceptors (Lipinski definition) is 1. The molecule has 0 bridgehead atoms. The summed E-state index contributed by atoms with van der Waals surface area (Å²) in [5.41, 5.74) is 4.03. The second-order valence-electron chi connectivity index (χ2n) is 4.24. The Hall–Kier alpha value is -2.53. The Morgan fingerprint density at radius 2 is 2.00 bits per heavy atom. The van der Waals surface area contributed by atoms with Crippen LogP contribution in [0.15, 0.2) is 48.7 Å². The third-order valence-electron chi connectivity index (χ3n) is 2.75. The van der Waals surface area contributed by atoms with Crippen molar-refractivity contribution in [2.24, 2.45) is 0 Å². The molecule has 0 saturated heterocycles. The number of hydrogen-bond donors (Lipinski definition) is 1. The van der Waals surface area contributed by atoms with Crippen LogP contribution < -0.4 is 0 Å². The highest BCUT2D eigenvalue weighted by Crippen LogP contribution is 2.11. The third-order valence-corrected chi connectivity index (χ3v) is 2.75. The van der Waals surface area contributed by atoms with Gasteiger partial charge < -0.3 is 4.98 Å². The SMILES string of the molecule is Cc1cccc(C#Cc2cc3cccnc3[nH]2)c1. The zero-order chi connectivity index (χ0) is 12.4. The largest absolute Gasteiger partial charge is 0.333 e. The van der Waals surface area contributed by atoms with Crippen molar-refractivity contribution in [1.82, 2.24) is 9.97 Å². The molecule has 0 aliphatic heterocycles. The number of aromatic nitrogens is 2. The summed E-state index contributed by atoms with van der Waals surface area (Å²) >= 11 is 0. The molecule has 2 heterocycles. The van der Waals surface area contributed by atoms with Gasteiger partial charge in [-0.2, -0.15) is 0 Å². The van der Waals surface area contributed by atoms with E-state index in [-0.39, 0.29) is 0 Å². The van der Waals surface area contributed by atoms with Gasteiger partial charge in [0.2, 0.25) is 0 Å². The third kappa shape index (κ3) is 2.11. The molecule has 0 unspecified atom stereocenters. The first-order valence-electron chi connectivity index (χ1n) is 5.84. The van der Waals surface area contributed by atoms with Gasteiger partial charge in [0.05, 0.1) is 5.69 Å². The van der Waals surface area contributed by atoms with E-state index >= 15 is 0 Å². The maximum absolute atomic E-state index is 4.25. The molecule has 2 nitrogen and oxygen atoms in total. The maximum atomic E-state index is 4.25. The van der Waals surface area contributed by atoms with Crippen LogP contribution in [0.1, 0.15) is 16.8 Å². The summed E-state index contributed by atoms with van der Waals surface area (Å²) in [6.07, 6.45) is 1.77. The van der Waals surface area contributed by atoms with Crippen LogP contribution in [-0.4, -0.2) is 9.97 Å². The highest BCUT2D eigenvalue weighted by molar-refractivity contribution is 5.77. The summed E-state index contributed by atoms with van der Waals surface area (Å²) < 4.78 is 0. The average Bonchev–Trinajstić information content (AvgIpc) is 2.79. The number of pyridine rings is 1. The Bertz CT molecular complexity index is 724. The van der Waals surface area contributed by atoms with Crippen LogP contribution in [0, 0.1) is 18.8 Å². The fourth-order valence-corrected chi connectivity index (χ4v) is 1.89. The van der Waals surface area contributed by atoms with Crippen molar-refractivity contribution >= 4 is 11.0 Å². The number of nitrogens with one attached hydrogen (secondary N) is 1. The predicted octanol–water partition coefficient (Wildman–Crippen LogP) is 3.27. The topological polar surface area (TPSA) is 28.7 Å². The average molecular weight is 232 g/mol. The van der Waals surface area contributed by atoms with E-state index < -0.39 is 0 Å². The molecule has 18 heavy (non-hydrogen) atoms. The number of nitrogens with zero attached hydrogens (tertiary/aromatic N) is 1. The lowest BCUT2D eigenvalue weighted by Gasteiger charge is -1.91. The minimum absolute atomic E-state index is 0.881. The molecule has 0 amide bonds. The Kier molecular flexibility index (Phi) is 2.59. The van der Waals surface area contributed by atoms with Crippen LogP contribution in [-0.2, 0) is 0 Å². The van der Waals surface area contributed by atoms with Crippen LogP contribution in [0.4, 0.5) is 0 Å². The first kappa shape index (κ1) is 10.6. The van der Waals surface area contributed by atoms with Crippen molar-refractivity contribution in [3.05, 3.63) is 65.5 Å². The first-order chi connectivity index (χ1) is 8.81. The summed E-state index contributed by atoms with van der Waals surface area (Å²) in [6, 6.07) is 14.1. The summed E-state index contributed by atoms with van der Waals surface area (Å²) in [4.78, 5) is 7.44. The second-order valence-corrected chi connectivity index (χ2v) is 4.24. The Morgan fingerprint density at radius 3 is 2.83 bits per heavy atom. The molecule has 0 aliphatic rings. The molecular formula is C16H12N2. The molecule has 3 aromatic rings. The molecule has 0 saturated carbocycles. The highest BCUT2D eigenvalue weighted by Gasteiger charge is 1.97. The summed E-state index contributed by atoms with van der Waals surface area (Å²) in [5, 5.41) is 1.09. The monoisotopic (exact) mass is 232 g/mol. The molecule has 1 aromatic carbocycles. The van der Waals surface area contributed by atoms with Gasteiger partial charge in [-0.15, -0.1) is 0 Å². The second kappa shape index (κ2) is 4.38. The van der Waals surface area contributed by atoms with Crippen LogP contribution in [0.2, 0.25) is 0 Å². The number of benzene rings is 1. The standard InChI is InChI=1S/C16H12N2/c1-12-4-2-5-13(10-12)7-8-15-11-14-6-3-9-17-16(14)18-15/h2-6,9-11H,1H3,(H,17,18). The lowest BCUT2D eigenvalue weighted by molar-refractivity contribution is 1.31. The number of H-pyrrole nitrogens is 1. The van der Waals surface area contributed by atoms with Gasteiger partial charge in [0.25, 0.3) is 0 Å². The van der Waals surface area contributed by atoms with E-state index in [0.29, 0.717) is 0 Å². The van der Waals surface area contributed by atoms with Gasteiger partial charge in [-0.3, -0.25) is 0 Å². The summed E-state index contributed by atoms with van der Waals surface area (Å²) in [5.74, 6) is 6.29. The number of rotatable bonds is 0. The van der Waals surface area contributed by atoms with Gasteiger partial charge >= 0.3 is 0 Å². The molecule has 2 aromatic heterocycles. The molecule has 0 radical (unpaired) electrons. The smallest absolute Gasteiger partial charge is 0.138 e. The lowest BCUT2D eigenvalue weighted by atomic mass is 10.1. The zero-order valence-electron chi connectivity index (χ0n) is 10.1. The minimum atomic E-state index is 0.881. The van der Waals surface area contributed by atoms with E-state index in [2.05, 4.69) is 40.9 Å². The Labute approximate surface area is 106 Å². The molecule has 86 valence electrons. The van der Waals surface area contributed by atoms with E-state index in [4.69, 9.17) is 0 Å². The molecule has 3 rings (SSSR count). The maximum Gasteiger partial charge on any atom is 0.138 e.